The van der Waals surface area contributed by atoms with Crippen molar-refractivity contribution in [3.63, 3.8) is 0 Å². The van der Waals surface area contributed by atoms with Crippen LogP contribution in [0, 0.1) is 5.82 Å². The molecule has 0 saturated carbocycles. The first-order valence-electron chi connectivity index (χ1n) is 8.26. The van der Waals surface area contributed by atoms with Gasteiger partial charge >= 0.3 is 0 Å². The second kappa shape index (κ2) is 6.41. The topological polar surface area (TPSA) is 33.2 Å². The number of halogens is 1. The molecule has 1 aromatic heterocycles. The van der Waals surface area contributed by atoms with Gasteiger partial charge < -0.3 is 4.90 Å². The summed E-state index contributed by atoms with van der Waals surface area (Å²) in [6.07, 6.45) is 1.93. The van der Waals surface area contributed by atoms with Crippen molar-refractivity contribution in [3.8, 4) is 10.6 Å². The fourth-order valence-corrected chi connectivity index (χ4v) is 4.02. The van der Waals surface area contributed by atoms with E-state index in [9.17, 15) is 9.18 Å². The normalized spacial score (nSPS) is 16.6. The number of rotatable bonds is 2. The molecule has 2 aromatic carbocycles. The molecule has 1 atom stereocenters. The van der Waals surface area contributed by atoms with E-state index in [0.29, 0.717) is 5.69 Å². The summed E-state index contributed by atoms with van der Waals surface area (Å²) in [5.74, 6) is -0.361. The molecule has 4 rings (SSSR count). The second-order valence-electron chi connectivity index (χ2n) is 6.24. The minimum Gasteiger partial charge on any atom is -0.304 e. The molecule has 3 aromatic rings. The van der Waals surface area contributed by atoms with Gasteiger partial charge in [0.2, 0.25) is 0 Å². The predicted molar refractivity (Wildman–Crippen MR) is 98.5 cm³/mol. The lowest BCUT2D eigenvalue weighted by Crippen LogP contribution is -2.42. The molecule has 0 spiro atoms. The number of aryl methyl sites for hydroxylation is 1. The van der Waals surface area contributed by atoms with Crippen LogP contribution in [-0.2, 0) is 6.42 Å². The third-order valence-corrected chi connectivity index (χ3v) is 5.45. The summed E-state index contributed by atoms with van der Waals surface area (Å²) in [4.78, 5) is 19.4. The largest absolute Gasteiger partial charge is 0.304 e. The number of para-hydroxylation sites is 1. The highest BCUT2D eigenvalue weighted by atomic mass is 32.1. The zero-order valence-corrected chi connectivity index (χ0v) is 14.6. The summed E-state index contributed by atoms with van der Waals surface area (Å²) in [6, 6.07) is 14.3. The predicted octanol–water partition coefficient (Wildman–Crippen LogP) is 4.93. The Kier molecular flexibility index (Phi) is 4.09. The second-order valence-corrected chi connectivity index (χ2v) is 7.09. The van der Waals surface area contributed by atoms with Gasteiger partial charge in [0, 0.05) is 22.7 Å². The Morgan fingerprint density at radius 2 is 1.96 bits per heavy atom. The Morgan fingerprint density at radius 3 is 2.76 bits per heavy atom. The third kappa shape index (κ3) is 2.96. The van der Waals surface area contributed by atoms with Crippen LogP contribution in [0.25, 0.3) is 10.6 Å². The van der Waals surface area contributed by atoms with Gasteiger partial charge in [0.1, 0.15) is 16.5 Å². The molecule has 2 heterocycles. The molecule has 3 nitrogen and oxygen atoms in total. The highest BCUT2D eigenvalue weighted by Gasteiger charge is 2.30. The van der Waals surface area contributed by atoms with Crippen molar-refractivity contribution in [2.45, 2.75) is 25.8 Å². The van der Waals surface area contributed by atoms with Crippen LogP contribution in [0.2, 0.25) is 0 Å². The van der Waals surface area contributed by atoms with Crippen molar-refractivity contribution in [3.05, 3.63) is 71.0 Å². The first-order chi connectivity index (χ1) is 12.1. The lowest BCUT2D eigenvalue weighted by Gasteiger charge is -2.34. The van der Waals surface area contributed by atoms with Gasteiger partial charge in [0.15, 0.2) is 0 Å². The molecule has 1 aliphatic rings. The molecule has 0 unspecified atom stereocenters. The van der Waals surface area contributed by atoms with Crippen LogP contribution in [0.3, 0.4) is 0 Å². The SMILES string of the molecule is C[C@H]1CCc2ccccc2N1C(=O)c1csc(-c2ccc(F)cc2)n1. The van der Waals surface area contributed by atoms with Gasteiger partial charge in [-0.3, -0.25) is 4.79 Å². The van der Waals surface area contributed by atoms with Crippen LogP contribution >= 0.6 is 11.3 Å². The molecular weight excluding hydrogens is 335 g/mol. The van der Waals surface area contributed by atoms with Crippen LogP contribution in [0.15, 0.2) is 53.9 Å². The molecule has 25 heavy (non-hydrogen) atoms. The molecule has 0 fully saturated rings. The number of anilines is 1. The Hall–Kier alpha value is -2.53. The summed E-state index contributed by atoms with van der Waals surface area (Å²) in [5, 5.41) is 2.51. The molecule has 0 saturated heterocycles. The number of carbonyl (C=O) groups is 1. The van der Waals surface area contributed by atoms with Crippen LogP contribution in [0.4, 0.5) is 10.1 Å². The van der Waals surface area contributed by atoms with Crippen molar-refractivity contribution in [2.75, 3.05) is 4.90 Å². The molecular formula is C20H17FN2OS. The lowest BCUT2D eigenvalue weighted by molar-refractivity contribution is 0.0971. The number of hydrogen-bond acceptors (Lipinski definition) is 3. The maximum Gasteiger partial charge on any atom is 0.278 e. The van der Waals surface area contributed by atoms with Crippen LogP contribution in [0.1, 0.15) is 29.4 Å². The van der Waals surface area contributed by atoms with Gasteiger partial charge in [-0.15, -0.1) is 11.3 Å². The Morgan fingerprint density at radius 1 is 1.20 bits per heavy atom. The highest BCUT2D eigenvalue weighted by molar-refractivity contribution is 7.13. The number of hydrogen-bond donors (Lipinski definition) is 0. The third-order valence-electron chi connectivity index (χ3n) is 4.56. The molecule has 126 valence electrons. The number of aromatic nitrogens is 1. The molecule has 1 aliphatic heterocycles. The van der Waals surface area contributed by atoms with Crippen LogP contribution in [-0.4, -0.2) is 16.9 Å². The summed E-state index contributed by atoms with van der Waals surface area (Å²) in [6.45, 7) is 2.07. The van der Waals surface area contributed by atoms with Crippen LogP contribution in [0.5, 0.6) is 0 Å². The molecule has 1 amide bonds. The van der Waals surface area contributed by atoms with Crippen molar-refractivity contribution in [1.29, 1.82) is 0 Å². The van der Waals surface area contributed by atoms with E-state index in [1.807, 2.05) is 23.1 Å². The quantitative estimate of drug-likeness (QED) is 0.655. The standard InChI is InChI=1S/C20H17FN2OS/c1-13-6-7-14-4-2-3-5-18(14)23(13)20(24)17-12-25-19(22-17)15-8-10-16(21)11-9-15/h2-5,8-13H,6-7H2,1H3/t13-/m0/s1. The van der Waals surface area contributed by atoms with E-state index < -0.39 is 0 Å². The average Bonchev–Trinajstić information content (AvgIpc) is 3.12. The van der Waals surface area contributed by atoms with Gasteiger partial charge in [0.25, 0.3) is 5.91 Å². The Balaban J connectivity index is 1.67. The Bertz CT molecular complexity index is 919. The molecule has 0 bridgehead atoms. The van der Waals surface area contributed by atoms with Gasteiger partial charge in [-0.2, -0.15) is 0 Å². The zero-order valence-electron chi connectivity index (χ0n) is 13.8. The van der Waals surface area contributed by atoms with Crippen molar-refractivity contribution < 1.29 is 9.18 Å². The van der Waals surface area contributed by atoms with Gasteiger partial charge in [-0.05, 0) is 55.7 Å². The molecule has 0 aliphatic carbocycles. The molecule has 0 N–H and O–H groups in total. The van der Waals surface area contributed by atoms with Crippen molar-refractivity contribution >= 4 is 22.9 Å². The van der Waals surface area contributed by atoms with Gasteiger partial charge in [0.05, 0.1) is 0 Å². The lowest BCUT2D eigenvalue weighted by atomic mass is 9.96. The first-order valence-corrected chi connectivity index (χ1v) is 9.14. The summed E-state index contributed by atoms with van der Waals surface area (Å²) in [5.41, 5.74) is 3.43. The maximum absolute atomic E-state index is 13.1. The monoisotopic (exact) mass is 352 g/mol. The number of thiazole rings is 1. The van der Waals surface area contributed by atoms with Crippen molar-refractivity contribution in [1.82, 2.24) is 4.98 Å². The maximum atomic E-state index is 13.1. The van der Waals surface area contributed by atoms with Crippen molar-refractivity contribution in [2.24, 2.45) is 0 Å². The van der Waals surface area contributed by atoms with E-state index in [1.165, 1.54) is 29.0 Å². The zero-order chi connectivity index (χ0) is 17.4. The minimum atomic E-state index is -0.282. The van der Waals surface area contributed by atoms with E-state index in [-0.39, 0.29) is 17.8 Å². The van der Waals surface area contributed by atoms with E-state index in [2.05, 4.69) is 18.0 Å². The number of nitrogens with zero attached hydrogens (tertiary/aromatic N) is 2. The van der Waals surface area contributed by atoms with E-state index >= 15 is 0 Å². The van der Waals surface area contributed by atoms with E-state index in [1.54, 1.807) is 17.5 Å². The van der Waals surface area contributed by atoms with E-state index in [4.69, 9.17) is 0 Å². The number of carbonyl (C=O) groups excluding carboxylic acids is 1. The highest BCUT2D eigenvalue weighted by Crippen LogP contribution is 2.32. The summed E-state index contributed by atoms with van der Waals surface area (Å²) < 4.78 is 13.1. The van der Waals surface area contributed by atoms with Gasteiger partial charge in [-0.25, -0.2) is 9.37 Å². The fourth-order valence-electron chi connectivity index (χ4n) is 3.22. The minimum absolute atomic E-state index is 0.0794. The summed E-state index contributed by atoms with van der Waals surface area (Å²) in [7, 11) is 0. The summed E-state index contributed by atoms with van der Waals surface area (Å²) >= 11 is 1.40. The molecule has 0 radical (unpaired) electrons. The van der Waals surface area contributed by atoms with Gasteiger partial charge in [-0.1, -0.05) is 18.2 Å². The first kappa shape index (κ1) is 16.0. The Labute approximate surface area is 149 Å². The average molecular weight is 352 g/mol. The molecule has 5 heteroatoms. The fraction of sp³-hybridized carbons (Fsp3) is 0.200. The van der Waals surface area contributed by atoms with E-state index in [0.717, 1.165) is 29.1 Å². The smallest absolute Gasteiger partial charge is 0.278 e. The number of benzene rings is 2. The van der Waals surface area contributed by atoms with Crippen LogP contribution < -0.4 is 4.90 Å². The number of fused-ring (bicyclic) bond motifs is 1. The number of amides is 1.